The van der Waals surface area contributed by atoms with Crippen molar-refractivity contribution in [3.63, 3.8) is 0 Å². The summed E-state index contributed by atoms with van der Waals surface area (Å²) in [6, 6.07) is -1.08. The lowest BCUT2D eigenvalue weighted by Crippen LogP contribution is -2.64. The van der Waals surface area contributed by atoms with Crippen molar-refractivity contribution in [3.05, 3.63) is 12.2 Å². The van der Waals surface area contributed by atoms with Crippen molar-refractivity contribution in [1.29, 1.82) is 0 Å². The summed E-state index contributed by atoms with van der Waals surface area (Å²) >= 11 is 5.05. The van der Waals surface area contributed by atoms with Crippen molar-refractivity contribution in [1.82, 2.24) is 10.6 Å². The van der Waals surface area contributed by atoms with Crippen molar-refractivity contribution in [3.8, 4) is 0 Å². The fourth-order valence-corrected chi connectivity index (χ4v) is 6.22. The van der Waals surface area contributed by atoms with Gasteiger partial charge in [0.1, 0.15) is 44.4 Å². The second-order valence-electron chi connectivity index (χ2n) is 11.0. The predicted octanol–water partition coefficient (Wildman–Crippen LogP) is -0.781. The number of hydrogen-bond acceptors (Lipinski definition) is 12. The second kappa shape index (κ2) is 20.3. The summed E-state index contributed by atoms with van der Waals surface area (Å²) in [6.45, 7) is -1.49. The zero-order valence-electron chi connectivity index (χ0n) is 26.0. The van der Waals surface area contributed by atoms with Gasteiger partial charge < -0.3 is 58.8 Å². The van der Waals surface area contributed by atoms with Crippen LogP contribution in [0.1, 0.15) is 51.9 Å². The number of aliphatic hydroxyl groups is 3. The highest BCUT2D eigenvalue weighted by molar-refractivity contribution is 8.07. The third-order valence-electron chi connectivity index (χ3n) is 7.62. The van der Waals surface area contributed by atoms with Crippen LogP contribution in [-0.4, -0.2) is 129 Å². The Kier molecular flexibility index (Phi) is 18.1. The Morgan fingerprint density at radius 1 is 1.07 bits per heavy atom. The molecule has 254 valence electrons. The Balaban J connectivity index is 1.61. The van der Waals surface area contributed by atoms with Crippen LogP contribution in [0.4, 0.5) is 0 Å². The third-order valence-corrected chi connectivity index (χ3v) is 9.30. The zero-order chi connectivity index (χ0) is 32.7. The number of unbranched alkanes of at least 4 members (excludes halogenated alkanes) is 3. The average Bonchev–Trinajstić information content (AvgIpc) is 3.25. The molecule has 14 nitrogen and oxygen atoms in total. The van der Waals surface area contributed by atoms with Gasteiger partial charge >= 0.3 is 6.72 Å². The molecule has 6 N–H and O–H groups in total. The minimum absolute atomic E-state index is 0.00788. The van der Waals surface area contributed by atoms with Gasteiger partial charge in [0, 0.05) is 52.6 Å². The standard InChI is InChI=1S/C27H50BN2O12PS/c1-17(32)30-22-24(35)23(34)19(15-31)41-27(22)39-14-10-8-12-21(33)29-13-9-6-4-5-7-11-18-25(42-43(36,44)38-3)20(16-37-2)40-26(18)28/h5,7,18-20,22-27,31,34-35H,4,6,8-16,28H2,1-3H3,(H,29,33)(H,30,32)(H,36,44)/b7-5+/t18-,19+,20+,22+,23-,24+,25?,26+,27+,43?/m0/s1. The molecule has 2 fully saturated rings. The van der Waals surface area contributed by atoms with Crippen LogP contribution < -0.4 is 10.6 Å². The molecular weight excluding hydrogens is 618 g/mol. The van der Waals surface area contributed by atoms with Crippen LogP contribution in [0.5, 0.6) is 0 Å². The van der Waals surface area contributed by atoms with E-state index in [4.69, 9.17) is 39.8 Å². The van der Waals surface area contributed by atoms with Crippen molar-refractivity contribution in [2.75, 3.05) is 40.6 Å². The molecule has 2 saturated heterocycles. The molecule has 0 aromatic rings. The molecule has 0 spiro atoms. The third kappa shape index (κ3) is 13.0. The van der Waals surface area contributed by atoms with E-state index in [1.165, 1.54) is 14.0 Å². The largest absolute Gasteiger partial charge is 0.394 e. The normalized spacial score (nSPS) is 32.0. The average molecular weight is 669 g/mol. The Morgan fingerprint density at radius 3 is 2.48 bits per heavy atom. The second-order valence-corrected chi connectivity index (χ2v) is 13.9. The van der Waals surface area contributed by atoms with E-state index in [2.05, 4.69) is 22.8 Å². The molecule has 44 heavy (non-hydrogen) atoms. The monoisotopic (exact) mass is 668 g/mol. The number of hydrogen-bond donors (Lipinski definition) is 6. The Morgan fingerprint density at radius 2 is 1.82 bits per heavy atom. The van der Waals surface area contributed by atoms with Gasteiger partial charge in [0.2, 0.25) is 11.8 Å². The summed E-state index contributed by atoms with van der Waals surface area (Å²) < 4.78 is 33.1. The Hall–Kier alpha value is -1.01. The van der Waals surface area contributed by atoms with Gasteiger partial charge in [0.05, 0.1) is 13.2 Å². The van der Waals surface area contributed by atoms with Gasteiger partial charge in [-0.05, 0) is 50.3 Å². The number of aliphatic hydroxyl groups excluding tert-OH is 3. The summed E-state index contributed by atoms with van der Waals surface area (Å²) in [5.41, 5.74) is 0. The van der Waals surface area contributed by atoms with Crippen LogP contribution >= 0.6 is 6.72 Å². The van der Waals surface area contributed by atoms with Gasteiger partial charge in [-0.3, -0.25) is 9.59 Å². The Bertz CT molecular complexity index is 953. The lowest BCUT2D eigenvalue weighted by atomic mass is 9.82. The fraction of sp³-hybridized carbons (Fsp3) is 0.852. The van der Waals surface area contributed by atoms with E-state index in [1.807, 2.05) is 7.85 Å². The molecule has 0 aromatic heterocycles. The highest BCUT2D eigenvalue weighted by atomic mass is 32.5. The van der Waals surface area contributed by atoms with Gasteiger partial charge in [-0.25, -0.2) is 0 Å². The van der Waals surface area contributed by atoms with E-state index < -0.39 is 56.0 Å². The number of carbonyl (C=O) groups excluding carboxylic acids is 2. The van der Waals surface area contributed by atoms with Crippen LogP contribution in [0, 0.1) is 5.92 Å². The van der Waals surface area contributed by atoms with E-state index in [9.17, 15) is 29.8 Å². The van der Waals surface area contributed by atoms with Gasteiger partial charge in [0.25, 0.3) is 0 Å². The number of allylic oxidation sites excluding steroid dienone is 2. The smallest absolute Gasteiger partial charge is 0.324 e. The quantitative estimate of drug-likeness (QED) is 0.0410. The van der Waals surface area contributed by atoms with Crippen LogP contribution in [0.15, 0.2) is 12.2 Å². The van der Waals surface area contributed by atoms with E-state index in [0.29, 0.717) is 38.8 Å². The van der Waals surface area contributed by atoms with Crippen molar-refractivity contribution in [2.45, 2.75) is 101 Å². The molecule has 2 aliphatic rings. The van der Waals surface area contributed by atoms with Crippen LogP contribution in [0.25, 0.3) is 0 Å². The molecule has 2 aliphatic heterocycles. The number of carbonyl (C=O) groups is 2. The van der Waals surface area contributed by atoms with Gasteiger partial charge in [-0.2, -0.15) is 0 Å². The van der Waals surface area contributed by atoms with E-state index in [0.717, 1.165) is 19.3 Å². The molecule has 0 saturated carbocycles. The highest BCUT2D eigenvalue weighted by Crippen LogP contribution is 2.48. The van der Waals surface area contributed by atoms with Crippen molar-refractivity contribution < 1.29 is 57.8 Å². The lowest BCUT2D eigenvalue weighted by Gasteiger charge is -2.42. The lowest BCUT2D eigenvalue weighted by molar-refractivity contribution is -0.270. The fourth-order valence-electron chi connectivity index (χ4n) is 5.24. The summed E-state index contributed by atoms with van der Waals surface area (Å²) in [7, 11) is 4.87. The van der Waals surface area contributed by atoms with Gasteiger partial charge in [-0.1, -0.05) is 12.2 Å². The SMILES string of the molecule is B[C@@H]1O[C@H](COC)C(OP(O)(=S)OC)[C@@H]1C/C=C/CCCCNC(=O)CCCCO[C@@H]1O[C@H](CO)[C@H](O)[C@H](O)[C@H]1NC(C)=O. The molecule has 0 bridgehead atoms. The van der Waals surface area contributed by atoms with Crippen LogP contribution in [-0.2, 0) is 49.4 Å². The first-order valence-electron chi connectivity index (χ1n) is 15.1. The topological polar surface area (TPSA) is 194 Å². The molecule has 2 rings (SSSR count). The molecule has 0 radical (unpaired) electrons. The minimum atomic E-state index is -3.35. The number of nitrogens with one attached hydrogen (secondary N) is 2. The molecule has 2 amide bonds. The van der Waals surface area contributed by atoms with Crippen LogP contribution in [0.3, 0.4) is 0 Å². The molecule has 10 atom stereocenters. The van der Waals surface area contributed by atoms with Crippen molar-refractivity contribution >= 4 is 38.2 Å². The summed E-state index contributed by atoms with van der Waals surface area (Å²) in [5.74, 6) is -0.488. The molecule has 17 heteroatoms. The first kappa shape index (κ1) is 39.2. The maximum absolute atomic E-state index is 12.2. The number of methoxy groups -OCH3 is 1. The number of amides is 2. The van der Waals surface area contributed by atoms with E-state index >= 15 is 0 Å². The predicted molar refractivity (Wildman–Crippen MR) is 167 cm³/mol. The zero-order valence-corrected chi connectivity index (χ0v) is 27.8. The molecule has 2 heterocycles. The summed E-state index contributed by atoms with van der Waals surface area (Å²) in [6.07, 6.45) is 3.28. The Labute approximate surface area is 265 Å². The highest BCUT2D eigenvalue weighted by Gasteiger charge is 2.46. The molecule has 0 aliphatic carbocycles. The van der Waals surface area contributed by atoms with Gasteiger partial charge in [-0.15, -0.1) is 0 Å². The molecule has 2 unspecified atom stereocenters. The maximum Gasteiger partial charge on any atom is 0.324 e. The van der Waals surface area contributed by atoms with Crippen molar-refractivity contribution in [2.24, 2.45) is 5.92 Å². The maximum atomic E-state index is 12.2. The first-order valence-corrected chi connectivity index (χ1v) is 17.7. The molecular formula is C27H50BN2O12PS. The number of rotatable bonds is 20. The van der Waals surface area contributed by atoms with E-state index in [-0.39, 0.29) is 30.5 Å². The summed E-state index contributed by atoms with van der Waals surface area (Å²) in [5, 5.41) is 35.2. The van der Waals surface area contributed by atoms with Gasteiger partial charge in [0.15, 0.2) is 6.29 Å². The minimum Gasteiger partial charge on any atom is -0.394 e. The first-order chi connectivity index (χ1) is 20.9. The van der Waals surface area contributed by atoms with Crippen LogP contribution in [0.2, 0.25) is 0 Å². The summed E-state index contributed by atoms with van der Waals surface area (Å²) in [4.78, 5) is 33.9. The molecule has 0 aromatic carbocycles. The number of ether oxygens (including phenoxy) is 4. The van der Waals surface area contributed by atoms with E-state index in [1.54, 1.807) is 7.11 Å².